The number of nitrogen functional groups attached to an aromatic ring is 1. The summed E-state index contributed by atoms with van der Waals surface area (Å²) in [7, 11) is -16.7. The molecule has 1 fully saturated rings. The number of aromatic nitrogens is 4. The Labute approximate surface area is 160 Å². The second kappa shape index (κ2) is 7.74. The molecule has 0 saturated carbocycles. The fraction of sp³-hybridized carbons (Fsp3) is 0.444. The lowest BCUT2D eigenvalue weighted by atomic mass is 10.2. The second-order valence-electron chi connectivity index (χ2n) is 5.54. The molecular formula is C9H14N5O12P3. The number of phosphoric acid groups is 3. The zero-order valence-electron chi connectivity index (χ0n) is 13.9. The molecule has 5 atom stereocenters. The van der Waals surface area contributed by atoms with E-state index in [-0.39, 0.29) is 23.4 Å². The summed E-state index contributed by atoms with van der Waals surface area (Å²) >= 11 is 0. The summed E-state index contributed by atoms with van der Waals surface area (Å²) in [4.78, 5) is 47.4. The Hall–Kier alpha value is -1.32. The minimum Gasteiger partial charge on any atom is -0.388 e. The largest absolute Gasteiger partial charge is 0.490 e. The molecule has 0 aromatic carbocycles. The first-order valence-corrected chi connectivity index (χ1v) is 11.9. The SMILES string of the molecule is Nc1ncnc2c1ncn2[C@H]1CC(O)[C@@H](OP(=O)(O)OP(=O)(O)OP(=O)(O)O)O1. The van der Waals surface area contributed by atoms with Gasteiger partial charge in [0, 0.05) is 6.42 Å². The summed E-state index contributed by atoms with van der Waals surface area (Å²) in [5.41, 5.74) is 6.13. The predicted octanol–water partition coefficient (Wildman–Crippen LogP) is -0.642. The summed E-state index contributed by atoms with van der Waals surface area (Å²) in [5, 5.41) is 10.0. The van der Waals surface area contributed by atoms with Crippen LogP contribution in [0.2, 0.25) is 0 Å². The number of anilines is 1. The van der Waals surface area contributed by atoms with Crippen LogP contribution in [0.1, 0.15) is 12.6 Å². The molecule has 3 heterocycles. The Bertz CT molecular complexity index is 1050. The fourth-order valence-electron chi connectivity index (χ4n) is 2.40. The first-order valence-electron chi connectivity index (χ1n) is 7.35. The highest BCUT2D eigenvalue weighted by Gasteiger charge is 2.46. The first kappa shape index (κ1) is 22.4. The minimum absolute atomic E-state index is 0.0807. The summed E-state index contributed by atoms with van der Waals surface area (Å²) in [6.45, 7) is 0. The summed E-state index contributed by atoms with van der Waals surface area (Å²) in [6, 6.07) is 0. The van der Waals surface area contributed by atoms with Crippen molar-refractivity contribution in [3.8, 4) is 0 Å². The number of hydrogen-bond acceptors (Lipinski definition) is 12. The maximum Gasteiger partial charge on any atom is 0.490 e. The van der Waals surface area contributed by atoms with Gasteiger partial charge in [-0.3, -0.25) is 9.09 Å². The second-order valence-corrected chi connectivity index (χ2v) is 9.91. The highest BCUT2D eigenvalue weighted by atomic mass is 31.3. The van der Waals surface area contributed by atoms with Crippen molar-refractivity contribution in [1.82, 2.24) is 19.5 Å². The van der Waals surface area contributed by atoms with Crippen molar-refractivity contribution < 1.29 is 56.3 Å². The Morgan fingerprint density at radius 1 is 1.10 bits per heavy atom. The van der Waals surface area contributed by atoms with E-state index in [0.717, 1.165) is 6.33 Å². The van der Waals surface area contributed by atoms with Gasteiger partial charge in [0.15, 0.2) is 17.8 Å². The number of phosphoric ester groups is 1. The smallest absolute Gasteiger partial charge is 0.388 e. The molecule has 0 amide bonds. The Kier molecular flexibility index (Phi) is 5.97. The molecule has 29 heavy (non-hydrogen) atoms. The summed E-state index contributed by atoms with van der Waals surface area (Å²) < 4.78 is 52.1. The molecule has 0 spiro atoms. The van der Waals surface area contributed by atoms with Gasteiger partial charge >= 0.3 is 23.5 Å². The highest BCUT2D eigenvalue weighted by Crippen LogP contribution is 2.66. The molecule has 1 aliphatic heterocycles. The number of hydrogen-bond donors (Lipinski definition) is 6. The van der Waals surface area contributed by atoms with Crippen LogP contribution in [0.5, 0.6) is 0 Å². The zero-order chi connectivity index (χ0) is 21.6. The maximum atomic E-state index is 11.9. The van der Waals surface area contributed by atoms with Gasteiger partial charge in [-0.25, -0.2) is 28.6 Å². The van der Waals surface area contributed by atoms with Crippen molar-refractivity contribution in [2.45, 2.75) is 25.0 Å². The lowest BCUT2D eigenvalue weighted by molar-refractivity contribution is -0.133. The number of nitrogens with zero attached hydrogens (tertiary/aromatic N) is 4. The predicted molar refractivity (Wildman–Crippen MR) is 89.2 cm³/mol. The van der Waals surface area contributed by atoms with E-state index in [1.54, 1.807) is 0 Å². The van der Waals surface area contributed by atoms with Gasteiger partial charge in [-0.05, 0) is 0 Å². The van der Waals surface area contributed by atoms with Crippen molar-refractivity contribution in [1.29, 1.82) is 0 Å². The molecule has 3 rings (SSSR count). The average molecular weight is 477 g/mol. The third-order valence-corrected chi connectivity index (χ3v) is 7.20. The average Bonchev–Trinajstić information content (AvgIpc) is 3.08. The molecule has 0 aliphatic carbocycles. The van der Waals surface area contributed by atoms with Crippen LogP contribution in [0, 0.1) is 0 Å². The van der Waals surface area contributed by atoms with Crippen molar-refractivity contribution >= 4 is 40.4 Å². The van der Waals surface area contributed by atoms with E-state index in [2.05, 4.69) is 28.1 Å². The third-order valence-electron chi connectivity index (χ3n) is 3.40. The molecule has 1 aliphatic rings. The number of imidazole rings is 1. The van der Waals surface area contributed by atoms with E-state index in [1.165, 1.54) is 10.9 Å². The molecule has 2 aromatic rings. The number of fused-ring (bicyclic) bond motifs is 1. The van der Waals surface area contributed by atoms with Gasteiger partial charge in [0.1, 0.15) is 24.2 Å². The van der Waals surface area contributed by atoms with Crippen LogP contribution in [-0.2, 0) is 31.6 Å². The van der Waals surface area contributed by atoms with Gasteiger partial charge in [-0.1, -0.05) is 0 Å². The van der Waals surface area contributed by atoms with Crippen LogP contribution in [-0.4, -0.2) is 56.6 Å². The van der Waals surface area contributed by atoms with E-state index in [4.69, 9.17) is 25.2 Å². The van der Waals surface area contributed by atoms with E-state index < -0.39 is 42.1 Å². The quantitative estimate of drug-likeness (QED) is 0.271. The van der Waals surface area contributed by atoms with E-state index in [9.17, 15) is 23.7 Å². The number of ether oxygens (including phenoxy) is 1. The zero-order valence-corrected chi connectivity index (χ0v) is 16.6. The number of rotatable bonds is 7. The van der Waals surface area contributed by atoms with Gasteiger partial charge in [-0.2, -0.15) is 8.62 Å². The molecular weight excluding hydrogens is 463 g/mol. The Balaban J connectivity index is 1.72. The normalized spacial score (nSPS) is 27.0. The Morgan fingerprint density at radius 3 is 2.45 bits per heavy atom. The standard InChI is InChI=1S/C9H14N5O12P3/c10-7-6-8(12-2-11-7)14(3-13-6)5-1-4(15)9(23-5)24-28(19,20)26-29(21,22)25-27(16,17)18/h2-5,9,15H,1H2,(H,19,20)(H,21,22)(H2,10,11,12)(H2,16,17,18)/t4?,5-,9-/m1/s1. The van der Waals surface area contributed by atoms with Gasteiger partial charge in [-0.15, -0.1) is 0 Å². The van der Waals surface area contributed by atoms with Crippen molar-refractivity contribution in [3.63, 3.8) is 0 Å². The number of aliphatic hydroxyl groups excluding tert-OH is 1. The van der Waals surface area contributed by atoms with Crippen LogP contribution < -0.4 is 5.73 Å². The van der Waals surface area contributed by atoms with Crippen molar-refractivity contribution in [3.05, 3.63) is 12.7 Å². The summed E-state index contributed by atoms with van der Waals surface area (Å²) in [5.74, 6) is 0.0807. The minimum atomic E-state index is -5.70. The monoisotopic (exact) mass is 477 g/mol. The third kappa shape index (κ3) is 5.44. The number of aliphatic hydroxyl groups is 1. The molecule has 7 N–H and O–H groups in total. The molecule has 20 heteroatoms. The lowest BCUT2D eigenvalue weighted by Gasteiger charge is -2.20. The molecule has 2 aromatic heterocycles. The molecule has 0 radical (unpaired) electrons. The molecule has 3 unspecified atom stereocenters. The van der Waals surface area contributed by atoms with E-state index in [0.29, 0.717) is 0 Å². The summed E-state index contributed by atoms with van der Waals surface area (Å²) in [6.07, 6.45) is -2.11. The van der Waals surface area contributed by atoms with Crippen LogP contribution >= 0.6 is 23.5 Å². The van der Waals surface area contributed by atoms with E-state index >= 15 is 0 Å². The van der Waals surface area contributed by atoms with Crippen LogP contribution in [0.4, 0.5) is 5.82 Å². The van der Waals surface area contributed by atoms with Gasteiger partial charge in [0.25, 0.3) is 0 Å². The lowest BCUT2D eigenvalue weighted by Crippen LogP contribution is -2.23. The molecule has 162 valence electrons. The molecule has 1 saturated heterocycles. The van der Waals surface area contributed by atoms with Gasteiger partial charge < -0.3 is 35.2 Å². The van der Waals surface area contributed by atoms with Gasteiger partial charge in [0.05, 0.1) is 6.33 Å². The Morgan fingerprint density at radius 2 is 1.79 bits per heavy atom. The van der Waals surface area contributed by atoms with E-state index in [1.807, 2.05) is 0 Å². The van der Waals surface area contributed by atoms with Crippen LogP contribution in [0.3, 0.4) is 0 Å². The van der Waals surface area contributed by atoms with Crippen LogP contribution in [0.15, 0.2) is 12.7 Å². The topological polar surface area (TPSA) is 259 Å². The molecule has 0 bridgehead atoms. The van der Waals surface area contributed by atoms with Crippen molar-refractivity contribution in [2.24, 2.45) is 0 Å². The first-order chi connectivity index (χ1) is 13.3. The van der Waals surface area contributed by atoms with Crippen LogP contribution in [0.25, 0.3) is 11.2 Å². The molecule has 17 nitrogen and oxygen atoms in total. The van der Waals surface area contributed by atoms with Crippen molar-refractivity contribution in [2.75, 3.05) is 5.73 Å². The fourth-order valence-corrected chi connectivity index (χ4v) is 5.52. The number of nitrogens with two attached hydrogens (primary N) is 1. The van der Waals surface area contributed by atoms with Gasteiger partial charge in [0.2, 0.25) is 0 Å². The highest BCUT2D eigenvalue weighted by molar-refractivity contribution is 7.66. The maximum absolute atomic E-state index is 11.9.